The molecule has 0 amide bonds. The van der Waals surface area contributed by atoms with Gasteiger partial charge in [0.15, 0.2) is 5.96 Å². The van der Waals surface area contributed by atoms with E-state index in [-0.39, 0.29) is 24.0 Å². The van der Waals surface area contributed by atoms with Crippen molar-refractivity contribution >= 4 is 29.9 Å². The van der Waals surface area contributed by atoms with Gasteiger partial charge in [-0.05, 0) is 70.6 Å². The fraction of sp³-hybridized carbons (Fsp3) is 0.947. The van der Waals surface area contributed by atoms with Crippen LogP contribution in [0, 0.1) is 5.92 Å². The molecule has 2 aliphatic rings. The number of halogens is 1. The van der Waals surface area contributed by atoms with Crippen molar-refractivity contribution in [3.05, 3.63) is 0 Å². The topological polar surface area (TPSA) is 42.9 Å². The molecule has 0 saturated carbocycles. The highest BCUT2D eigenvalue weighted by Crippen LogP contribution is 2.16. The SMILES string of the molecule is CCCN1CCC(CNC(=NC)NC2CCN(CCC)CC2)CC1.I. The third-order valence-corrected chi connectivity index (χ3v) is 5.50. The maximum Gasteiger partial charge on any atom is 0.191 e. The van der Waals surface area contributed by atoms with Crippen molar-refractivity contribution in [2.75, 3.05) is 52.9 Å². The molecule has 2 saturated heterocycles. The Morgan fingerprint density at radius 2 is 1.44 bits per heavy atom. The van der Waals surface area contributed by atoms with Crippen LogP contribution in [0.1, 0.15) is 52.4 Å². The molecule has 0 aliphatic carbocycles. The highest BCUT2D eigenvalue weighted by atomic mass is 127. The number of nitrogens with zero attached hydrogens (tertiary/aromatic N) is 3. The molecular formula is C19H40IN5. The van der Waals surface area contributed by atoms with Gasteiger partial charge in [0.1, 0.15) is 0 Å². The molecule has 25 heavy (non-hydrogen) atoms. The molecule has 0 bridgehead atoms. The van der Waals surface area contributed by atoms with Gasteiger partial charge in [-0.15, -0.1) is 24.0 Å². The van der Waals surface area contributed by atoms with Crippen LogP contribution in [0.3, 0.4) is 0 Å². The third-order valence-electron chi connectivity index (χ3n) is 5.50. The number of rotatable bonds is 7. The molecule has 0 radical (unpaired) electrons. The highest BCUT2D eigenvalue weighted by Gasteiger charge is 2.21. The van der Waals surface area contributed by atoms with Crippen molar-refractivity contribution in [3.8, 4) is 0 Å². The van der Waals surface area contributed by atoms with E-state index in [4.69, 9.17) is 0 Å². The van der Waals surface area contributed by atoms with Crippen molar-refractivity contribution in [1.82, 2.24) is 20.4 Å². The zero-order valence-corrected chi connectivity index (χ0v) is 18.9. The summed E-state index contributed by atoms with van der Waals surface area (Å²) in [6.07, 6.45) is 7.64. The summed E-state index contributed by atoms with van der Waals surface area (Å²) in [5.74, 6) is 1.79. The Bertz CT molecular complexity index is 361. The number of piperidine rings is 2. The Morgan fingerprint density at radius 1 is 0.920 bits per heavy atom. The van der Waals surface area contributed by atoms with Crippen LogP contribution in [0.15, 0.2) is 4.99 Å². The summed E-state index contributed by atoms with van der Waals surface area (Å²) in [6, 6.07) is 0.579. The standard InChI is InChI=1S/C19H39N5.HI/c1-4-10-23-12-6-17(7-13-23)16-21-19(20-3)22-18-8-14-24(11-5-2)15-9-18;/h17-18H,4-16H2,1-3H3,(H2,20,21,22);1H. The summed E-state index contributed by atoms with van der Waals surface area (Å²) >= 11 is 0. The minimum atomic E-state index is 0. The fourth-order valence-electron chi connectivity index (χ4n) is 3.98. The zero-order valence-electron chi connectivity index (χ0n) is 16.6. The van der Waals surface area contributed by atoms with Crippen molar-refractivity contribution in [2.24, 2.45) is 10.9 Å². The molecule has 0 aromatic rings. The summed E-state index contributed by atoms with van der Waals surface area (Å²) in [6.45, 7) is 13.1. The lowest BCUT2D eigenvalue weighted by Gasteiger charge is -2.34. The predicted molar refractivity (Wildman–Crippen MR) is 119 cm³/mol. The van der Waals surface area contributed by atoms with Crippen molar-refractivity contribution < 1.29 is 0 Å². The van der Waals surface area contributed by atoms with Gasteiger partial charge in [0.25, 0.3) is 0 Å². The lowest BCUT2D eigenvalue weighted by molar-refractivity contribution is 0.185. The maximum absolute atomic E-state index is 4.44. The van der Waals surface area contributed by atoms with Gasteiger partial charge in [0.2, 0.25) is 0 Å². The Balaban J connectivity index is 0.00000312. The van der Waals surface area contributed by atoms with Gasteiger partial charge >= 0.3 is 0 Å². The number of guanidine groups is 1. The van der Waals surface area contributed by atoms with E-state index in [9.17, 15) is 0 Å². The molecule has 0 atom stereocenters. The van der Waals surface area contributed by atoms with Crippen LogP contribution in [0.5, 0.6) is 0 Å². The van der Waals surface area contributed by atoms with Crippen LogP contribution in [0.2, 0.25) is 0 Å². The van der Waals surface area contributed by atoms with Gasteiger partial charge in [0.05, 0.1) is 0 Å². The second-order valence-electron chi connectivity index (χ2n) is 7.50. The van der Waals surface area contributed by atoms with Crippen LogP contribution in [-0.4, -0.2) is 74.7 Å². The van der Waals surface area contributed by atoms with Gasteiger partial charge in [-0.3, -0.25) is 4.99 Å². The van der Waals surface area contributed by atoms with Crippen molar-refractivity contribution in [3.63, 3.8) is 0 Å². The first-order valence-corrected chi connectivity index (χ1v) is 10.2. The van der Waals surface area contributed by atoms with E-state index in [0.717, 1.165) is 18.4 Å². The zero-order chi connectivity index (χ0) is 17.2. The van der Waals surface area contributed by atoms with Gasteiger partial charge in [-0.1, -0.05) is 13.8 Å². The minimum absolute atomic E-state index is 0. The quantitative estimate of drug-likeness (QED) is 0.345. The first-order chi connectivity index (χ1) is 11.7. The largest absolute Gasteiger partial charge is 0.356 e. The lowest BCUT2D eigenvalue weighted by atomic mass is 9.97. The monoisotopic (exact) mass is 465 g/mol. The Morgan fingerprint density at radius 3 is 1.92 bits per heavy atom. The number of likely N-dealkylation sites (tertiary alicyclic amines) is 2. The highest BCUT2D eigenvalue weighted by molar-refractivity contribution is 14.0. The average Bonchev–Trinajstić information content (AvgIpc) is 2.62. The van der Waals surface area contributed by atoms with Crippen LogP contribution in [0.4, 0.5) is 0 Å². The van der Waals surface area contributed by atoms with Crippen LogP contribution in [-0.2, 0) is 0 Å². The summed E-state index contributed by atoms with van der Waals surface area (Å²) in [5.41, 5.74) is 0. The maximum atomic E-state index is 4.44. The first-order valence-electron chi connectivity index (χ1n) is 10.2. The summed E-state index contributed by atoms with van der Waals surface area (Å²) in [7, 11) is 1.89. The molecule has 6 heteroatoms. The molecule has 2 rings (SSSR count). The normalized spacial score (nSPS) is 21.8. The van der Waals surface area contributed by atoms with Gasteiger partial charge in [0, 0.05) is 32.7 Å². The predicted octanol–water partition coefficient (Wildman–Crippen LogP) is 2.77. The van der Waals surface area contributed by atoms with Crippen molar-refractivity contribution in [2.45, 2.75) is 58.4 Å². The van der Waals surface area contributed by atoms with E-state index in [1.165, 1.54) is 77.8 Å². The van der Waals surface area contributed by atoms with E-state index in [1.807, 2.05) is 7.05 Å². The van der Waals surface area contributed by atoms with Gasteiger partial charge in [-0.25, -0.2) is 0 Å². The van der Waals surface area contributed by atoms with E-state index >= 15 is 0 Å². The van der Waals surface area contributed by atoms with Gasteiger partial charge < -0.3 is 20.4 Å². The number of hydrogen-bond donors (Lipinski definition) is 2. The second kappa shape index (κ2) is 13.1. The van der Waals surface area contributed by atoms with E-state index < -0.39 is 0 Å². The molecule has 148 valence electrons. The summed E-state index contributed by atoms with van der Waals surface area (Å²) in [5, 5.41) is 7.22. The minimum Gasteiger partial charge on any atom is -0.356 e. The van der Waals surface area contributed by atoms with Gasteiger partial charge in [-0.2, -0.15) is 0 Å². The smallest absolute Gasteiger partial charge is 0.191 e. The third kappa shape index (κ3) is 8.43. The molecule has 2 N–H and O–H groups in total. The molecule has 0 aromatic carbocycles. The van der Waals surface area contributed by atoms with Crippen LogP contribution < -0.4 is 10.6 Å². The number of aliphatic imine (C=N–C) groups is 1. The molecule has 0 aromatic heterocycles. The molecule has 2 heterocycles. The molecule has 5 nitrogen and oxygen atoms in total. The molecular weight excluding hydrogens is 425 g/mol. The molecule has 2 fully saturated rings. The molecule has 2 aliphatic heterocycles. The summed E-state index contributed by atoms with van der Waals surface area (Å²) < 4.78 is 0. The van der Waals surface area contributed by atoms with Crippen LogP contribution in [0.25, 0.3) is 0 Å². The number of nitrogens with one attached hydrogen (secondary N) is 2. The summed E-state index contributed by atoms with van der Waals surface area (Å²) in [4.78, 5) is 9.62. The molecule has 0 spiro atoms. The Labute approximate surface area is 172 Å². The number of hydrogen-bond acceptors (Lipinski definition) is 3. The Kier molecular flexibility index (Phi) is 12.1. The molecule has 0 unspecified atom stereocenters. The van der Waals surface area contributed by atoms with E-state index in [1.54, 1.807) is 0 Å². The Hall–Kier alpha value is -0.0800. The lowest BCUT2D eigenvalue weighted by Crippen LogP contribution is -2.50. The second-order valence-corrected chi connectivity index (χ2v) is 7.50. The van der Waals surface area contributed by atoms with E-state index in [0.29, 0.717) is 6.04 Å². The fourth-order valence-corrected chi connectivity index (χ4v) is 3.98. The van der Waals surface area contributed by atoms with E-state index in [2.05, 4.69) is 39.3 Å². The van der Waals surface area contributed by atoms with Crippen molar-refractivity contribution in [1.29, 1.82) is 0 Å². The van der Waals surface area contributed by atoms with Crippen LogP contribution >= 0.6 is 24.0 Å². The first kappa shape index (κ1) is 23.0. The average molecular weight is 465 g/mol.